The summed E-state index contributed by atoms with van der Waals surface area (Å²) in [4.78, 5) is 22.5. The zero-order valence-electron chi connectivity index (χ0n) is 17.6. The van der Waals surface area contributed by atoms with Crippen LogP contribution in [0.1, 0.15) is 49.4 Å². The first-order valence-corrected chi connectivity index (χ1v) is 10.5. The molecule has 0 amide bonds. The summed E-state index contributed by atoms with van der Waals surface area (Å²) in [5.74, 6) is -0.145. The minimum atomic E-state index is -0.498. The molecule has 0 bridgehead atoms. The van der Waals surface area contributed by atoms with Gasteiger partial charge in [0.05, 0.1) is 17.6 Å². The van der Waals surface area contributed by atoms with Crippen LogP contribution in [0.25, 0.3) is 22.2 Å². The molecule has 7 nitrogen and oxygen atoms in total. The summed E-state index contributed by atoms with van der Waals surface area (Å²) in [7, 11) is 1.57. The van der Waals surface area contributed by atoms with Crippen LogP contribution >= 0.6 is 0 Å². The van der Waals surface area contributed by atoms with Crippen LogP contribution in [0.2, 0.25) is 0 Å². The molecule has 7 heteroatoms. The third kappa shape index (κ3) is 4.03. The van der Waals surface area contributed by atoms with Crippen LogP contribution < -0.4 is 5.73 Å². The lowest BCUT2D eigenvalue weighted by molar-refractivity contribution is 0.0123. The zero-order valence-corrected chi connectivity index (χ0v) is 17.6. The van der Waals surface area contributed by atoms with Gasteiger partial charge >= 0.3 is 5.97 Å². The van der Waals surface area contributed by atoms with Crippen molar-refractivity contribution in [2.45, 2.75) is 51.7 Å². The summed E-state index contributed by atoms with van der Waals surface area (Å²) in [5, 5.41) is 0. The van der Waals surface area contributed by atoms with Crippen molar-refractivity contribution >= 4 is 34.0 Å². The van der Waals surface area contributed by atoms with Crippen LogP contribution in [-0.2, 0) is 16.0 Å². The summed E-state index contributed by atoms with van der Waals surface area (Å²) in [6.45, 7) is 2.75. The molecule has 30 heavy (non-hydrogen) atoms. The van der Waals surface area contributed by atoms with Crippen molar-refractivity contribution in [2.75, 3.05) is 19.5 Å². The number of methoxy groups -OCH3 is 1. The topological polar surface area (TPSA) is 92.3 Å². The van der Waals surface area contributed by atoms with Gasteiger partial charge in [0.25, 0.3) is 0 Å². The fraction of sp³-hybridized carbons (Fsp3) is 0.435. The van der Waals surface area contributed by atoms with Gasteiger partial charge in [-0.2, -0.15) is 0 Å². The Morgan fingerprint density at radius 3 is 2.70 bits per heavy atom. The summed E-state index contributed by atoms with van der Waals surface area (Å²) < 4.78 is 12.5. The predicted octanol–water partition coefficient (Wildman–Crippen LogP) is 4.25. The van der Waals surface area contributed by atoms with Gasteiger partial charge in [0.15, 0.2) is 5.65 Å². The standard InChI is InChI=1S/C23H28N4O3/c1-15(14-29-2)30-23(28)19-20-22(26-18-11-7-6-10-17(18)25-20)27(21(19)24)13-12-16-8-4-3-5-9-16/h6-8,10-11,15H,3-5,9,12-14,24H2,1-2H3/t15-/m1/s1. The number of nitrogen functional groups attached to an aromatic ring is 1. The second kappa shape index (κ2) is 8.83. The number of anilines is 1. The van der Waals surface area contributed by atoms with E-state index in [0.717, 1.165) is 30.3 Å². The summed E-state index contributed by atoms with van der Waals surface area (Å²) in [5.41, 5.74) is 10.8. The van der Waals surface area contributed by atoms with Crippen LogP contribution in [0.3, 0.4) is 0 Å². The van der Waals surface area contributed by atoms with Crippen LogP contribution in [0.4, 0.5) is 5.82 Å². The number of nitrogens with zero attached hydrogens (tertiary/aromatic N) is 3. The van der Waals surface area contributed by atoms with E-state index >= 15 is 0 Å². The third-order valence-corrected chi connectivity index (χ3v) is 5.55. The number of nitrogens with two attached hydrogens (primary N) is 1. The SMILES string of the molecule is COC[C@@H](C)OC(=O)c1c(N)n(CCC2=CCCCC2)c2nc3ccccc3nc12. The quantitative estimate of drug-likeness (QED) is 0.464. The minimum Gasteiger partial charge on any atom is -0.456 e. The van der Waals surface area contributed by atoms with Gasteiger partial charge < -0.3 is 19.8 Å². The molecule has 0 radical (unpaired) electrons. The Kier molecular flexibility index (Phi) is 5.99. The van der Waals surface area contributed by atoms with E-state index in [0.29, 0.717) is 30.1 Å². The molecule has 1 aliphatic carbocycles. The molecule has 4 rings (SSSR count). The molecule has 158 valence electrons. The highest BCUT2D eigenvalue weighted by Gasteiger charge is 2.26. The number of para-hydroxylation sites is 2. The second-order valence-electron chi connectivity index (χ2n) is 7.83. The van der Waals surface area contributed by atoms with E-state index in [4.69, 9.17) is 25.2 Å². The Hall–Kier alpha value is -2.93. The monoisotopic (exact) mass is 408 g/mol. The van der Waals surface area contributed by atoms with Gasteiger partial charge in [-0.15, -0.1) is 0 Å². The van der Waals surface area contributed by atoms with Crippen molar-refractivity contribution in [3.05, 3.63) is 41.5 Å². The molecule has 0 fully saturated rings. The van der Waals surface area contributed by atoms with E-state index in [9.17, 15) is 4.79 Å². The van der Waals surface area contributed by atoms with Crippen molar-refractivity contribution in [2.24, 2.45) is 0 Å². The van der Waals surface area contributed by atoms with Gasteiger partial charge in [-0.05, 0) is 51.2 Å². The predicted molar refractivity (Wildman–Crippen MR) is 117 cm³/mol. The smallest absolute Gasteiger partial charge is 0.344 e. The maximum absolute atomic E-state index is 13.0. The molecular weight excluding hydrogens is 380 g/mol. The second-order valence-corrected chi connectivity index (χ2v) is 7.83. The number of esters is 1. The molecule has 3 aromatic rings. The Morgan fingerprint density at radius 2 is 2.00 bits per heavy atom. The number of hydrogen-bond donors (Lipinski definition) is 1. The van der Waals surface area contributed by atoms with Gasteiger partial charge in [0.1, 0.15) is 23.0 Å². The van der Waals surface area contributed by atoms with Crippen molar-refractivity contribution < 1.29 is 14.3 Å². The number of ether oxygens (including phenoxy) is 2. The molecule has 0 aliphatic heterocycles. The first-order valence-electron chi connectivity index (χ1n) is 10.5. The average Bonchev–Trinajstić information content (AvgIpc) is 3.01. The Bertz CT molecular complexity index is 1100. The number of carbonyl (C=O) groups excluding carboxylic acids is 1. The molecule has 0 saturated carbocycles. The highest BCUT2D eigenvalue weighted by atomic mass is 16.6. The number of carbonyl (C=O) groups is 1. The molecule has 2 aromatic heterocycles. The summed E-state index contributed by atoms with van der Waals surface area (Å²) in [6, 6.07) is 7.62. The molecule has 1 aliphatic rings. The van der Waals surface area contributed by atoms with Crippen LogP contribution in [-0.4, -0.2) is 40.3 Å². The number of aryl methyl sites for hydroxylation is 1. The molecule has 0 unspecified atom stereocenters. The number of allylic oxidation sites excluding steroid dienone is 2. The molecule has 0 spiro atoms. The maximum atomic E-state index is 13.0. The molecule has 2 N–H and O–H groups in total. The Labute approximate surface area is 175 Å². The van der Waals surface area contributed by atoms with Gasteiger partial charge in [0, 0.05) is 13.7 Å². The third-order valence-electron chi connectivity index (χ3n) is 5.55. The zero-order chi connectivity index (χ0) is 21.1. The minimum absolute atomic E-state index is 0.281. The molecule has 1 aromatic carbocycles. The Balaban J connectivity index is 1.77. The molecular formula is C23H28N4O3. The van der Waals surface area contributed by atoms with Crippen molar-refractivity contribution in [1.82, 2.24) is 14.5 Å². The lowest BCUT2D eigenvalue weighted by Crippen LogP contribution is -2.20. The number of benzene rings is 1. The average molecular weight is 409 g/mol. The highest BCUT2D eigenvalue weighted by Crippen LogP contribution is 2.30. The van der Waals surface area contributed by atoms with Gasteiger partial charge in [-0.25, -0.2) is 14.8 Å². The number of aromatic nitrogens is 3. The van der Waals surface area contributed by atoms with Gasteiger partial charge in [0.2, 0.25) is 0 Å². The largest absolute Gasteiger partial charge is 0.456 e. The lowest BCUT2D eigenvalue weighted by atomic mass is 9.97. The normalized spacial score (nSPS) is 15.3. The summed E-state index contributed by atoms with van der Waals surface area (Å²) >= 11 is 0. The first-order chi connectivity index (χ1) is 14.6. The fourth-order valence-electron chi connectivity index (χ4n) is 4.04. The fourth-order valence-corrected chi connectivity index (χ4v) is 4.04. The van der Waals surface area contributed by atoms with Crippen molar-refractivity contribution in [1.29, 1.82) is 0 Å². The molecule has 0 saturated heterocycles. The molecule has 1 atom stereocenters. The summed E-state index contributed by atoms with van der Waals surface area (Å²) in [6.07, 6.45) is 7.57. The van der Waals surface area contributed by atoms with Gasteiger partial charge in [-0.3, -0.25) is 0 Å². The first kappa shape index (κ1) is 20.3. The van der Waals surface area contributed by atoms with Gasteiger partial charge in [-0.1, -0.05) is 23.8 Å². The van der Waals surface area contributed by atoms with E-state index in [1.165, 1.54) is 18.4 Å². The Morgan fingerprint density at radius 1 is 1.23 bits per heavy atom. The van der Waals surface area contributed by atoms with Crippen LogP contribution in [0, 0.1) is 0 Å². The van der Waals surface area contributed by atoms with Crippen LogP contribution in [0.5, 0.6) is 0 Å². The number of rotatable bonds is 7. The van der Waals surface area contributed by atoms with E-state index in [1.54, 1.807) is 14.0 Å². The van der Waals surface area contributed by atoms with Crippen LogP contribution in [0.15, 0.2) is 35.9 Å². The van der Waals surface area contributed by atoms with Crippen molar-refractivity contribution in [3.8, 4) is 0 Å². The van der Waals surface area contributed by atoms with E-state index in [1.807, 2.05) is 28.8 Å². The lowest BCUT2D eigenvalue weighted by Gasteiger charge is -2.14. The number of fused-ring (bicyclic) bond motifs is 2. The maximum Gasteiger partial charge on any atom is 0.344 e. The van der Waals surface area contributed by atoms with Crippen molar-refractivity contribution in [3.63, 3.8) is 0 Å². The molecule has 2 heterocycles. The van der Waals surface area contributed by atoms with E-state index < -0.39 is 5.97 Å². The van der Waals surface area contributed by atoms with E-state index in [-0.39, 0.29) is 11.7 Å². The highest BCUT2D eigenvalue weighted by molar-refractivity contribution is 6.08. The number of hydrogen-bond acceptors (Lipinski definition) is 6. The van der Waals surface area contributed by atoms with E-state index in [2.05, 4.69) is 6.08 Å².